The smallest absolute Gasteiger partial charge is 0.199 e. The van der Waals surface area contributed by atoms with E-state index in [-0.39, 0.29) is 0 Å². The van der Waals surface area contributed by atoms with Gasteiger partial charge in [0.2, 0.25) is 0 Å². The van der Waals surface area contributed by atoms with Crippen LogP contribution in [0.4, 0.5) is 0 Å². The molecule has 0 unspecified atom stereocenters. The molecule has 3 heterocycles. The summed E-state index contributed by atoms with van der Waals surface area (Å²) in [5.74, 6) is 1.39. The summed E-state index contributed by atoms with van der Waals surface area (Å²) in [6.07, 6.45) is 2.62. The quantitative estimate of drug-likeness (QED) is 0.474. The van der Waals surface area contributed by atoms with Crippen LogP contribution in [0.2, 0.25) is 0 Å². The average Bonchev–Trinajstić information content (AvgIpc) is 3.33. The third-order valence-electron chi connectivity index (χ3n) is 4.49. The summed E-state index contributed by atoms with van der Waals surface area (Å²) in [7, 11) is 0. The van der Waals surface area contributed by atoms with Gasteiger partial charge in [0.25, 0.3) is 0 Å². The van der Waals surface area contributed by atoms with Crippen LogP contribution in [0.5, 0.6) is 0 Å². The molecule has 0 spiro atoms. The van der Waals surface area contributed by atoms with Gasteiger partial charge in [0, 0.05) is 5.69 Å². The van der Waals surface area contributed by atoms with Crippen molar-refractivity contribution < 1.29 is 4.42 Å². The third kappa shape index (κ3) is 2.29. The van der Waals surface area contributed by atoms with E-state index in [0.29, 0.717) is 17.2 Å². The number of hydrogen-bond acceptors (Lipinski definition) is 4. The number of para-hydroxylation sites is 2. The zero-order chi connectivity index (χ0) is 17.5. The van der Waals surface area contributed by atoms with Crippen LogP contribution in [-0.2, 0) is 6.42 Å². The first-order valence-electron chi connectivity index (χ1n) is 8.62. The number of fused-ring (bicyclic) bond motifs is 2. The highest BCUT2D eigenvalue weighted by Crippen LogP contribution is 2.28. The predicted molar refractivity (Wildman–Crippen MR) is 101 cm³/mol. The molecule has 0 N–H and O–H groups in total. The summed E-state index contributed by atoms with van der Waals surface area (Å²) in [6.45, 7) is 2.14. The lowest BCUT2D eigenvalue weighted by molar-refractivity contribution is 0.576. The molecule has 0 amide bonds. The van der Waals surface area contributed by atoms with Gasteiger partial charge >= 0.3 is 0 Å². The maximum absolute atomic E-state index is 5.63. The minimum absolute atomic E-state index is 0.608. The number of aromatic nitrogens is 4. The molecule has 0 bridgehead atoms. The van der Waals surface area contributed by atoms with Gasteiger partial charge in [-0.1, -0.05) is 31.2 Å². The Balaban J connectivity index is 1.88. The molecule has 5 heteroatoms. The number of benzene rings is 2. The van der Waals surface area contributed by atoms with Crippen LogP contribution < -0.4 is 0 Å². The van der Waals surface area contributed by atoms with Gasteiger partial charge in [0.05, 0.1) is 17.3 Å². The molecule has 5 aromatic rings. The van der Waals surface area contributed by atoms with Gasteiger partial charge in [0.15, 0.2) is 22.9 Å². The first-order valence-corrected chi connectivity index (χ1v) is 8.62. The molecular weight excluding hydrogens is 324 g/mol. The molecule has 0 aliphatic rings. The van der Waals surface area contributed by atoms with Crippen molar-refractivity contribution >= 4 is 22.3 Å². The number of rotatable bonds is 3. The lowest BCUT2D eigenvalue weighted by Gasteiger charge is -2.09. The van der Waals surface area contributed by atoms with E-state index in [1.54, 1.807) is 6.26 Å². The van der Waals surface area contributed by atoms with Crippen molar-refractivity contribution in [1.29, 1.82) is 0 Å². The Kier molecular flexibility index (Phi) is 3.31. The summed E-state index contributed by atoms with van der Waals surface area (Å²) in [4.78, 5) is 14.3. The Bertz CT molecular complexity index is 1220. The molecule has 5 nitrogen and oxygen atoms in total. The molecule has 0 aliphatic carbocycles. The number of furan rings is 1. The molecule has 0 aliphatic heterocycles. The van der Waals surface area contributed by atoms with Gasteiger partial charge in [-0.05, 0) is 48.4 Å². The van der Waals surface area contributed by atoms with E-state index < -0.39 is 0 Å². The number of hydrogen-bond donors (Lipinski definition) is 0. The molecule has 126 valence electrons. The van der Waals surface area contributed by atoms with E-state index in [1.807, 2.05) is 41.0 Å². The van der Waals surface area contributed by atoms with Crippen molar-refractivity contribution in [2.75, 3.05) is 0 Å². The lowest BCUT2D eigenvalue weighted by Crippen LogP contribution is -1.99. The minimum Gasteiger partial charge on any atom is -0.461 e. The molecule has 26 heavy (non-hydrogen) atoms. The fraction of sp³-hybridized carbons (Fsp3) is 0.0952. The summed E-state index contributed by atoms with van der Waals surface area (Å²) in [6, 6.07) is 20.0. The first-order chi connectivity index (χ1) is 12.8. The van der Waals surface area contributed by atoms with E-state index in [4.69, 9.17) is 19.4 Å². The standard InChI is InChI=1S/C21H16N4O/c1-2-14-7-5-8-15(13-14)25-20(18-11-6-12-26-18)24-19-21(25)23-17-10-4-3-9-16(17)22-19/h3-13H,2H2,1H3. The topological polar surface area (TPSA) is 56.7 Å². The van der Waals surface area contributed by atoms with Crippen molar-refractivity contribution in [3.8, 4) is 17.3 Å². The average molecular weight is 340 g/mol. The molecule has 0 saturated heterocycles. The Hall–Kier alpha value is -3.47. The van der Waals surface area contributed by atoms with E-state index in [9.17, 15) is 0 Å². The van der Waals surface area contributed by atoms with Crippen molar-refractivity contribution in [3.63, 3.8) is 0 Å². The van der Waals surface area contributed by atoms with Crippen LogP contribution in [0.3, 0.4) is 0 Å². The second kappa shape index (κ2) is 5.81. The van der Waals surface area contributed by atoms with Crippen LogP contribution in [-0.4, -0.2) is 19.5 Å². The highest BCUT2D eigenvalue weighted by molar-refractivity contribution is 5.85. The van der Waals surface area contributed by atoms with Crippen LogP contribution in [0.15, 0.2) is 71.3 Å². The molecule has 0 atom stereocenters. The zero-order valence-corrected chi connectivity index (χ0v) is 14.3. The summed E-state index contributed by atoms with van der Waals surface area (Å²) >= 11 is 0. The minimum atomic E-state index is 0.608. The highest BCUT2D eigenvalue weighted by atomic mass is 16.3. The molecular formula is C21H16N4O. The second-order valence-electron chi connectivity index (χ2n) is 6.13. The summed E-state index contributed by atoms with van der Waals surface area (Å²) < 4.78 is 7.65. The van der Waals surface area contributed by atoms with Crippen molar-refractivity contribution in [2.24, 2.45) is 0 Å². The van der Waals surface area contributed by atoms with Crippen molar-refractivity contribution in [2.45, 2.75) is 13.3 Å². The summed E-state index contributed by atoms with van der Waals surface area (Å²) in [5.41, 5.74) is 5.27. The second-order valence-corrected chi connectivity index (χ2v) is 6.13. The molecule has 0 radical (unpaired) electrons. The van der Waals surface area contributed by atoms with E-state index >= 15 is 0 Å². The Morgan fingerprint density at radius 2 is 1.73 bits per heavy atom. The number of nitrogens with zero attached hydrogens (tertiary/aromatic N) is 4. The Morgan fingerprint density at radius 3 is 2.50 bits per heavy atom. The maximum atomic E-state index is 5.63. The van der Waals surface area contributed by atoms with Crippen LogP contribution in [0.1, 0.15) is 12.5 Å². The van der Waals surface area contributed by atoms with E-state index in [2.05, 4.69) is 31.2 Å². The predicted octanol–water partition coefficient (Wildman–Crippen LogP) is 4.79. The Morgan fingerprint density at radius 1 is 0.885 bits per heavy atom. The first kappa shape index (κ1) is 14.8. The SMILES string of the molecule is CCc1cccc(-n2c(-c3ccco3)nc3nc4ccccc4nc32)c1. The van der Waals surface area contributed by atoms with Gasteiger partial charge < -0.3 is 4.42 Å². The van der Waals surface area contributed by atoms with Crippen LogP contribution >= 0.6 is 0 Å². The zero-order valence-electron chi connectivity index (χ0n) is 14.3. The monoisotopic (exact) mass is 340 g/mol. The fourth-order valence-corrected chi connectivity index (χ4v) is 3.19. The molecule has 2 aromatic carbocycles. The highest BCUT2D eigenvalue weighted by Gasteiger charge is 2.19. The number of aryl methyl sites for hydroxylation is 1. The Labute approximate surface area is 150 Å². The van der Waals surface area contributed by atoms with Gasteiger partial charge in [-0.25, -0.2) is 15.0 Å². The molecule has 0 saturated carbocycles. The van der Waals surface area contributed by atoms with Crippen molar-refractivity contribution in [1.82, 2.24) is 19.5 Å². The van der Waals surface area contributed by atoms with Crippen LogP contribution in [0.25, 0.3) is 39.6 Å². The van der Waals surface area contributed by atoms with E-state index in [1.165, 1.54) is 5.56 Å². The maximum Gasteiger partial charge on any atom is 0.199 e. The van der Waals surface area contributed by atoms with Crippen LogP contribution in [0, 0.1) is 0 Å². The van der Waals surface area contributed by atoms with E-state index in [0.717, 1.165) is 28.8 Å². The molecule has 0 fully saturated rings. The largest absolute Gasteiger partial charge is 0.461 e. The van der Waals surface area contributed by atoms with Gasteiger partial charge in [-0.2, -0.15) is 0 Å². The lowest BCUT2D eigenvalue weighted by atomic mass is 10.1. The third-order valence-corrected chi connectivity index (χ3v) is 4.49. The fourth-order valence-electron chi connectivity index (χ4n) is 3.19. The van der Waals surface area contributed by atoms with Crippen molar-refractivity contribution in [3.05, 3.63) is 72.5 Å². The van der Waals surface area contributed by atoms with Gasteiger partial charge in [-0.15, -0.1) is 0 Å². The number of imidazole rings is 1. The molecule has 5 rings (SSSR count). The summed E-state index contributed by atoms with van der Waals surface area (Å²) in [5, 5.41) is 0. The normalized spacial score (nSPS) is 11.4. The van der Waals surface area contributed by atoms with Gasteiger partial charge in [0.1, 0.15) is 0 Å². The van der Waals surface area contributed by atoms with Gasteiger partial charge in [-0.3, -0.25) is 4.57 Å². The molecule has 3 aromatic heterocycles.